The lowest BCUT2D eigenvalue weighted by Crippen LogP contribution is -2.33. The summed E-state index contributed by atoms with van der Waals surface area (Å²) in [7, 11) is -1.37. The molecule has 0 fully saturated rings. The second-order valence-corrected chi connectivity index (χ2v) is 4.47. The molecule has 0 aliphatic carbocycles. The first-order chi connectivity index (χ1) is 7.03. The fraction of sp³-hybridized carbons (Fsp3) is 0.143. The molecule has 0 amide bonds. The Kier molecular flexibility index (Phi) is 4.40. The molecule has 8 heteroatoms. The van der Waals surface area contributed by atoms with E-state index >= 15 is 0 Å². The Labute approximate surface area is 94.3 Å². The van der Waals surface area contributed by atoms with Crippen LogP contribution in [0.2, 0.25) is 5.02 Å². The summed E-state index contributed by atoms with van der Waals surface area (Å²) >= 11 is 5.69. The van der Waals surface area contributed by atoms with Gasteiger partial charge in [0, 0.05) is 12.1 Å². The maximum Gasteiger partial charge on any atom is 0.411 e. The number of rotatable bonds is 5. The van der Waals surface area contributed by atoms with Crippen molar-refractivity contribution < 1.29 is 13.1 Å². The Hall–Kier alpha value is -0.755. The summed E-state index contributed by atoms with van der Waals surface area (Å²) in [6.07, 6.45) is 0. The minimum atomic E-state index is -3.65. The van der Waals surface area contributed by atoms with Crippen molar-refractivity contribution >= 4 is 35.1 Å². The zero-order valence-electron chi connectivity index (χ0n) is 7.90. The Balaban J connectivity index is 2.69. The van der Waals surface area contributed by atoms with Crippen LogP contribution in [0.15, 0.2) is 24.3 Å². The molecule has 1 aromatic rings. The zero-order valence-corrected chi connectivity index (χ0v) is 9.47. The highest BCUT2D eigenvalue weighted by Crippen LogP contribution is 2.15. The molecule has 1 rings (SSSR count). The molecule has 0 atom stereocenters. The van der Waals surface area contributed by atoms with Crippen molar-refractivity contribution in [1.82, 2.24) is 4.63 Å². The number of hydrogen-bond donors (Lipinski definition) is 2. The van der Waals surface area contributed by atoms with E-state index in [-0.39, 0.29) is 0 Å². The van der Waals surface area contributed by atoms with E-state index < -0.39 is 10.2 Å². The van der Waals surface area contributed by atoms with Gasteiger partial charge in [-0.25, -0.2) is 4.63 Å². The Bertz CT molecular complexity index is 426. The quantitative estimate of drug-likeness (QED) is 0.755. The standard InChI is InChI=1S/C7H9BClN2O3S/c1-14-8-11-15(12,13)10-7-4-2-3-6(9)5-7/h2-5,10-11H,1H3. The molecule has 5 nitrogen and oxygen atoms in total. The van der Waals surface area contributed by atoms with Crippen LogP contribution in [0, 0.1) is 0 Å². The Morgan fingerprint density at radius 3 is 2.80 bits per heavy atom. The lowest BCUT2D eigenvalue weighted by molar-refractivity contribution is 0.438. The van der Waals surface area contributed by atoms with Crippen LogP contribution in [0.1, 0.15) is 0 Å². The second-order valence-electron chi connectivity index (χ2n) is 2.59. The fourth-order valence-corrected chi connectivity index (χ4v) is 1.76. The first kappa shape index (κ1) is 12.3. The molecule has 0 heterocycles. The number of anilines is 1. The van der Waals surface area contributed by atoms with Crippen molar-refractivity contribution in [3.8, 4) is 0 Å². The molecular formula is C7H9BClN2O3S. The van der Waals surface area contributed by atoms with Crippen LogP contribution in [-0.4, -0.2) is 23.1 Å². The highest BCUT2D eigenvalue weighted by atomic mass is 35.5. The summed E-state index contributed by atoms with van der Waals surface area (Å²) in [4.78, 5) is 0. The van der Waals surface area contributed by atoms with Crippen molar-refractivity contribution in [2.24, 2.45) is 0 Å². The maximum absolute atomic E-state index is 11.3. The number of hydrogen-bond acceptors (Lipinski definition) is 3. The largest absolute Gasteiger partial charge is 0.426 e. The van der Waals surface area contributed by atoms with Gasteiger partial charge in [0.25, 0.3) is 10.2 Å². The fourth-order valence-electron chi connectivity index (χ4n) is 0.848. The van der Waals surface area contributed by atoms with Gasteiger partial charge in [0.1, 0.15) is 0 Å². The van der Waals surface area contributed by atoms with Crippen LogP contribution in [-0.2, 0) is 14.9 Å². The lowest BCUT2D eigenvalue weighted by Gasteiger charge is -2.07. The minimum Gasteiger partial charge on any atom is -0.426 e. The molecule has 0 spiro atoms. The summed E-state index contributed by atoms with van der Waals surface area (Å²) in [5.41, 5.74) is 0.375. The molecular weight excluding hydrogens is 238 g/mol. The van der Waals surface area contributed by atoms with Gasteiger partial charge in [-0.3, -0.25) is 4.72 Å². The predicted molar refractivity (Wildman–Crippen MR) is 59.9 cm³/mol. The molecule has 0 unspecified atom stereocenters. The van der Waals surface area contributed by atoms with Crippen molar-refractivity contribution in [1.29, 1.82) is 0 Å². The average Bonchev–Trinajstić information content (AvgIpc) is 2.14. The smallest absolute Gasteiger partial charge is 0.411 e. The van der Waals surface area contributed by atoms with Crippen molar-refractivity contribution in [2.45, 2.75) is 0 Å². The van der Waals surface area contributed by atoms with E-state index in [0.717, 1.165) is 7.62 Å². The first-order valence-electron chi connectivity index (χ1n) is 3.93. The van der Waals surface area contributed by atoms with Crippen molar-refractivity contribution in [2.75, 3.05) is 11.8 Å². The van der Waals surface area contributed by atoms with Gasteiger partial charge >= 0.3 is 7.62 Å². The van der Waals surface area contributed by atoms with Gasteiger partial charge in [-0.2, -0.15) is 8.42 Å². The molecule has 2 N–H and O–H groups in total. The van der Waals surface area contributed by atoms with Crippen LogP contribution < -0.4 is 9.36 Å². The summed E-state index contributed by atoms with van der Waals surface area (Å²) < 4.78 is 31.4. The Morgan fingerprint density at radius 2 is 2.20 bits per heavy atom. The van der Waals surface area contributed by atoms with Gasteiger partial charge in [-0.15, -0.1) is 0 Å². The van der Waals surface area contributed by atoms with E-state index in [0.29, 0.717) is 10.7 Å². The SMILES string of the molecule is CO[B]NS(=O)(=O)Nc1cccc(Cl)c1. The van der Waals surface area contributed by atoms with Crippen LogP contribution in [0.3, 0.4) is 0 Å². The lowest BCUT2D eigenvalue weighted by atomic mass is 10.3. The van der Waals surface area contributed by atoms with Crippen molar-refractivity contribution in [3.63, 3.8) is 0 Å². The molecule has 0 aliphatic rings. The van der Waals surface area contributed by atoms with E-state index in [1.165, 1.54) is 13.2 Å². The minimum absolute atomic E-state index is 0.375. The van der Waals surface area contributed by atoms with Gasteiger partial charge in [0.15, 0.2) is 0 Å². The van der Waals surface area contributed by atoms with Gasteiger partial charge in [-0.05, 0) is 18.2 Å². The number of halogens is 1. The van der Waals surface area contributed by atoms with E-state index in [9.17, 15) is 8.42 Å². The van der Waals surface area contributed by atoms with Gasteiger partial charge in [0.2, 0.25) is 0 Å². The molecule has 1 aromatic carbocycles. The van der Waals surface area contributed by atoms with Crippen LogP contribution in [0.25, 0.3) is 0 Å². The molecule has 15 heavy (non-hydrogen) atoms. The maximum atomic E-state index is 11.3. The highest BCUT2D eigenvalue weighted by Gasteiger charge is 2.09. The molecule has 0 aliphatic heterocycles. The van der Waals surface area contributed by atoms with Crippen molar-refractivity contribution in [3.05, 3.63) is 29.3 Å². The summed E-state index contributed by atoms with van der Waals surface area (Å²) in [6, 6.07) is 6.36. The van der Waals surface area contributed by atoms with Crippen LogP contribution >= 0.6 is 11.6 Å². The van der Waals surface area contributed by atoms with Gasteiger partial charge in [-0.1, -0.05) is 17.7 Å². The average molecular weight is 247 g/mol. The predicted octanol–water partition coefficient (Wildman–Crippen LogP) is 0.767. The summed E-state index contributed by atoms with van der Waals surface area (Å²) in [6.45, 7) is 0. The first-order valence-corrected chi connectivity index (χ1v) is 5.80. The molecule has 0 aromatic heterocycles. The molecule has 0 bridgehead atoms. The highest BCUT2D eigenvalue weighted by molar-refractivity contribution is 7.91. The van der Waals surface area contributed by atoms with E-state index in [1.54, 1.807) is 18.2 Å². The normalized spacial score (nSPS) is 11.1. The zero-order chi connectivity index (χ0) is 11.3. The van der Waals surface area contributed by atoms with Crippen LogP contribution in [0.5, 0.6) is 0 Å². The molecule has 81 valence electrons. The number of benzene rings is 1. The second kappa shape index (κ2) is 5.36. The summed E-state index contributed by atoms with van der Waals surface area (Å²) in [5.74, 6) is 0. The third-order valence-corrected chi connectivity index (χ3v) is 2.54. The molecule has 0 saturated heterocycles. The van der Waals surface area contributed by atoms with E-state index in [2.05, 4.69) is 9.38 Å². The molecule has 1 radical (unpaired) electrons. The summed E-state index contributed by atoms with van der Waals surface area (Å²) in [5, 5.41) is 0.450. The third-order valence-electron chi connectivity index (χ3n) is 1.40. The number of nitrogens with one attached hydrogen (secondary N) is 2. The van der Waals surface area contributed by atoms with Gasteiger partial charge in [0.05, 0.1) is 5.69 Å². The van der Waals surface area contributed by atoms with E-state index in [1.807, 2.05) is 4.63 Å². The van der Waals surface area contributed by atoms with E-state index in [4.69, 9.17) is 11.6 Å². The Morgan fingerprint density at radius 1 is 1.47 bits per heavy atom. The monoisotopic (exact) mass is 247 g/mol. The van der Waals surface area contributed by atoms with Gasteiger partial charge < -0.3 is 4.65 Å². The molecule has 0 saturated carbocycles. The van der Waals surface area contributed by atoms with Crippen LogP contribution in [0.4, 0.5) is 5.69 Å². The third kappa shape index (κ3) is 4.52. The topological polar surface area (TPSA) is 67.4 Å².